The van der Waals surface area contributed by atoms with Gasteiger partial charge in [-0.2, -0.15) is 5.10 Å². The fourth-order valence-corrected chi connectivity index (χ4v) is 4.06. The molecule has 1 saturated carbocycles. The summed E-state index contributed by atoms with van der Waals surface area (Å²) in [6, 6.07) is 6.43. The Kier molecular flexibility index (Phi) is 8.35. The molecule has 2 aromatic rings. The molecule has 1 heterocycles. The second kappa shape index (κ2) is 11.2. The largest absolute Gasteiger partial charge is 0.490 e. The Hall–Kier alpha value is -2.54. The summed E-state index contributed by atoms with van der Waals surface area (Å²) in [5.41, 5.74) is 5.75. The van der Waals surface area contributed by atoms with Gasteiger partial charge in [-0.25, -0.2) is 0 Å². The van der Waals surface area contributed by atoms with E-state index in [2.05, 4.69) is 52.8 Å². The molecule has 0 aliphatic heterocycles. The number of methoxy groups -OCH3 is 1. The van der Waals surface area contributed by atoms with Crippen molar-refractivity contribution in [1.29, 1.82) is 0 Å². The first-order valence-corrected chi connectivity index (χ1v) is 11.2. The van der Waals surface area contributed by atoms with E-state index < -0.39 is 0 Å². The van der Waals surface area contributed by atoms with Crippen molar-refractivity contribution in [1.82, 2.24) is 20.4 Å². The third kappa shape index (κ3) is 6.23. The Balaban J connectivity index is 1.60. The van der Waals surface area contributed by atoms with E-state index in [1.165, 1.54) is 24.0 Å². The lowest BCUT2D eigenvalue weighted by atomic mass is 10.1. The zero-order chi connectivity index (χ0) is 22.2. The topological polar surface area (TPSA) is 72.7 Å². The number of aliphatic imine (C=N–C) groups is 1. The summed E-state index contributed by atoms with van der Waals surface area (Å²) in [6.45, 7) is 8.99. The number of guanidine groups is 1. The third-order valence-corrected chi connectivity index (χ3v) is 5.96. The summed E-state index contributed by atoms with van der Waals surface area (Å²) >= 11 is 0. The van der Waals surface area contributed by atoms with Gasteiger partial charge in [-0.15, -0.1) is 0 Å². The second-order valence-corrected chi connectivity index (χ2v) is 8.28. The Bertz CT molecular complexity index is 884. The minimum Gasteiger partial charge on any atom is -0.490 e. The monoisotopic (exact) mass is 427 g/mol. The van der Waals surface area contributed by atoms with E-state index in [9.17, 15) is 0 Å². The minimum atomic E-state index is 0.346. The standard InChI is InChI=1S/C24H37N5O2/c1-17-10-11-20(23(14-17)31-21-8-6-7-9-21)15-26-24(25-4)27-16-22-18(2)28-29(19(22)3)12-13-30-5/h10-11,14,21H,6-9,12-13,15-16H2,1-5H3,(H2,25,26,27). The Morgan fingerprint density at radius 1 is 1.16 bits per heavy atom. The lowest BCUT2D eigenvalue weighted by molar-refractivity contribution is 0.182. The van der Waals surface area contributed by atoms with Gasteiger partial charge in [-0.05, 0) is 58.1 Å². The zero-order valence-electron chi connectivity index (χ0n) is 19.6. The molecule has 0 radical (unpaired) electrons. The summed E-state index contributed by atoms with van der Waals surface area (Å²) < 4.78 is 13.5. The number of rotatable bonds is 9. The van der Waals surface area contributed by atoms with Crippen LogP contribution in [0.1, 0.15) is 53.8 Å². The summed E-state index contributed by atoms with van der Waals surface area (Å²) in [7, 11) is 3.50. The number of nitrogens with one attached hydrogen (secondary N) is 2. The van der Waals surface area contributed by atoms with Crippen LogP contribution in [0.15, 0.2) is 23.2 Å². The Labute approximate surface area is 186 Å². The van der Waals surface area contributed by atoms with Gasteiger partial charge in [0.2, 0.25) is 0 Å². The van der Waals surface area contributed by atoms with E-state index in [1.54, 1.807) is 14.2 Å². The van der Waals surface area contributed by atoms with Crippen LogP contribution in [-0.2, 0) is 24.4 Å². The second-order valence-electron chi connectivity index (χ2n) is 8.28. The molecule has 1 aromatic heterocycles. The van der Waals surface area contributed by atoms with E-state index in [0.717, 1.165) is 48.0 Å². The van der Waals surface area contributed by atoms with Crippen LogP contribution in [0, 0.1) is 20.8 Å². The quantitative estimate of drug-likeness (QED) is 0.472. The van der Waals surface area contributed by atoms with Crippen LogP contribution in [0.25, 0.3) is 0 Å². The van der Waals surface area contributed by atoms with Crippen molar-refractivity contribution in [2.24, 2.45) is 4.99 Å². The van der Waals surface area contributed by atoms with Gasteiger partial charge in [0, 0.05) is 44.1 Å². The minimum absolute atomic E-state index is 0.346. The molecule has 0 bridgehead atoms. The van der Waals surface area contributed by atoms with Gasteiger partial charge in [0.25, 0.3) is 0 Å². The average molecular weight is 428 g/mol. The van der Waals surface area contributed by atoms with Gasteiger partial charge >= 0.3 is 0 Å². The summed E-state index contributed by atoms with van der Waals surface area (Å²) in [4.78, 5) is 4.39. The molecule has 0 atom stereocenters. The molecule has 3 rings (SSSR count). The predicted molar refractivity (Wildman–Crippen MR) is 125 cm³/mol. The maximum atomic E-state index is 6.33. The van der Waals surface area contributed by atoms with Crippen molar-refractivity contribution in [3.63, 3.8) is 0 Å². The Morgan fingerprint density at radius 3 is 2.61 bits per heavy atom. The highest BCUT2D eigenvalue weighted by molar-refractivity contribution is 5.79. The molecule has 0 spiro atoms. The molecule has 0 unspecified atom stereocenters. The fourth-order valence-electron chi connectivity index (χ4n) is 4.06. The van der Waals surface area contributed by atoms with Gasteiger partial charge in [0.05, 0.1) is 24.9 Å². The summed E-state index contributed by atoms with van der Waals surface area (Å²) in [5.74, 6) is 1.75. The van der Waals surface area contributed by atoms with Crippen LogP contribution in [-0.4, -0.2) is 42.6 Å². The molecule has 170 valence electrons. The van der Waals surface area contributed by atoms with E-state index in [0.29, 0.717) is 25.8 Å². The first-order chi connectivity index (χ1) is 15.0. The van der Waals surface area contributed by atoms with Crippen LogP contribution in [0.5, 0.6) is 5.75 Å². The predicted octanol–water partition coefficient (Wildman–Crippen LogP) is 3.64. The molecule has 0 saturated heterocycles. The van der Waals surface area contributed by atoms with Gasteiger partial charge < -0.3 is 20.1 Å². The van der Waals surface area contributed by atoms with Gasteiger partial charge in [0.15, 0.2) is 5.96 Å². The van der Waals surface area contributed by atoms with Crippen molar-refractivity contribution in [3.05, 3.63) is 46.3 Å². The molecular formula is C24H37N5O2. The highest BCUT2D eigenvalue weighted by atomic mass is 16.5. The van der Waals surface area contributed by atoms with Crippen LogP contribution in [0.2, 0.25) is 0 Å². The highest BCUT2D eigenvalue weighted by Crippen LogP contribution is 2.27. The van der Waals surface area contributed by atoms with Crippen molar-refractivity contribution in [3.8, 4) is 5.75 Å². The number of nitrogens with zero attached hydrogens (tertiary/aromatic N) is 3. The Morgan fingerprint density at radius 2 is 1.90 bits per heavy atom. The molecular weight excluding hydrogens is 390 g/mol. The number of aromatic nitrogens is 2. The first-order valence-electron chi connectivity index (χ1n) is 11.2. The maximum absolute atomic E-state index is 6.33. The number of aryl methyl sites for hydroxylation is 2. The third-order valence-electron chi connectivity index (χ3n) is 5.96. The van der Waals surface area contributed by atoms with Gasteiger partial charge in [0.1, 0.15) is 5.75 Å². The van der Waals surface area contributed by atoms with Gasteiger partial charge in [-0.3, -0.25) is 9.67 Å². The summed E-state index contributed by atoms with van der Waals surface area (Å²) in [6.07, 6.45) is 5.18. The number of ether oxygens (including phenoxy) is 2. The number of hydrogen-bond acceptors (Lipinski definition) is 4. The normalized spacial score (nSPS) is 14.8. The lowest BCUT2D eigenvalue weighted by Gasteiger charge is -2.18. The van der Waals surface area contributed by atoms with Crippen LogP contribution >= 0.6 is 0 Å². The highest BCUT2D eigenvalue weighted by Gasteiger charge is 2.18. The SMILES string of the molecule is CN=C(NCc1ccc(C)cc1OC1CCCC1)NCc1c(C)nn(CCOC)c1C. The first kappa shape index (κ1) is 23.1. The van der Waals surface area contributed by atoms with E-state index >= 15 is 0 Å². The zero-order valence-corrected chi connectivity index (χ0v) is 19.6. The van der Waals surface area contributed by atoms with Crippen molar-refractivity contribution in [2.45, 2.75) is 72.2 Å². The summed E-state index contributed by atoms with van der Waals surface area (Å²) in [5, 5.41) is 11.5. The molecule has 7 nitrogen and oxygen atoms in total. The van der Waals surface area contributed by atoms with Crippen LogP contribution in [0.3, 0.4) is 0 Å². The average Bonchev–Trinajstić information content (AvgIpc) is 3.36. The van der Waals surface area contributed by atoms with E-state index in [1.807, 2.05) is 11.6 Å². The lowest BCUT2D eigenvalue weighted by Crippen LogP contribution is -2.36. The number of hydrogen-bond donors (Lipinski definition) is 2. The number of benzene rings is 1. The fraction of sp³-hybridized carbons (Fsp3) is 0.583. The maximum Gasteiger partial charge on any atom is 0.191 e. The van der Waals surface area contributed by atoms with Crippen LogP contribution in [0.4, 0.5) is 0 Å². The molecule has 31 heavy (non-hydrogen) atoms. The molecule has 1 aromatic carbocycles. The van der Waals surface area contributed by atoms with E-state index in [-0.39, 0.29) is 0 Å². The molecule has 1 fully saturated rings. The molecule has 0 amide bonds. The van der Waals surface area contributed by atoms with E-state index in [4.69, 9.17) is 9.47 Å². The van der Waals surface area contributed by atoms with Crippen molar-refractivity contribution in [2.75, 3.05) is 20.8 Å². The van der Waals surface area contributed by atoms with Crippen molar-refractivity contribution < 1.29 is 9.47 Å². The van der Waals surface area contributed by atoms with Crippen molar-refractivity contribution >= 4 is 5.96 Å². The molecule has 7 heteroatoms. The molecule has 1 aliphatic carbocycles. The molecule has 1 aliphatic rings. The molecule has 2 N–H and O–H groups in total. The van der Waals surface area contributed by atoms with Crippen LogP contribution < -0.4 is 15.4 Å². The van der Waals surface area contributed by atoms with Gasteiger partial charge in [-0.1, -0.05) is 12.1 Å². The smallest absolute Gasteiger partial charge is 0.191 e.